The predicted molar refractivity (Wildman–Crippen MR) is 44.9 cm³/mol. The Morgan fingerprint density at radius 1 is 1.69 bits per heavy atom. The van der Waals surface area contributed by atoms with E-state index in [9.17, 15) is 9.59 Å². The van der Waals surface area contributed by atoms with Gasteiger partial charge in [-0.1, -0.05) is 13.3 Å². The van der Waals surface area contributed by atoms with E-state index < -0.39 is 17.9 Å². The van der Waals surface area contributed by atoms with Gasteiger partial charge in [-0.3, -0.25) is 9.59 Å². The van der Waals surface area contributed by atoms with Crippen molar-refractivity contribution >= 4 is 11.9 Å². The van der Waals surface area contributed by atoms with E-state index in [-0.39, 0.29) is 6.10 Å². The SMILES string of the molecule is CCCC1CC(C(=O)OC)C(=O)O1. The monoisotopic (exact) mass is 186 g/mol. The maximum atomic E-state index is 11.1. The zero-order chi connectivity index (χ0) is 9.84. The first-order valence-electron chi connectivity index (χ1n) is 4.47. The summed E-state index contributed by atoms with van der Waals surface area (Å²) in [5.74, 6) is -1.62. The summed E-state index contributed by atoms with van der Waals surface area (Å²) < 4.78 is 9.49. The van der Waals surface area contributed by atoms with Crippen LogP contribution in [-0.4, -0.2) is 25.2 Å². The lowest BCUT2D eigenvalue weighted by Crippen LogP contribution is -2.20. The van der Waals surface area contributed by atoms with Crippen LogP contribution in [-0.2, 0) is 19.1 Å². The number of cyclic esters (lactones) is 1. The Morgan fingerprint density at radius 3 is 2.92 bits per heavy atom. The van der Waals surface area contributed by atoms with Crippen LogP contribution < -0.4 is 0 Å². The second-order valence-electron chi connectivity index (χ2n) is 3.16. The molecule has 4 heteroatoms. The van der Waals surface area contributed by atoms with Crippen LogP contribution in [0.1, 0.15) is 26.2 Å². The number of carbonyl (C=O) groups is 2. The first-order chi connectivity index (χ1) is 6.19. The summed E-state index contributed by atoms with van der Waals surface area (Å²) in [5.41, 5.74) is 0. The number of rotatable bonds is 3. The van der Waals surface area contributed by atoms with Crippen molar-refractivity contribution in [3.8, 4) is 0 Å². The maximum Gasteiger partial charge on any atom is 0.320 e. The maximum absolute atomic E-state index is 11.1. The molecule has 0 aromatic heterocycles. The average molecular weight is 186 g/mol. The molecule has 2 atom stereocenters. The van der Waals surface area contributed by atoms with Gasteiger partial charge in [-0.15, -0.1) is 0 Å². The zero-order valence-electron chi connectivity index (χ0n) is 7.91. The van der Waals surface area contributed by atoms with Gasteiger partial charge in [0, 0.05) is 6.42 Å². The Balaban J connectivity index is 2.51. The molecule has 0 aromatic carbocycles. The molecule has 1 fully saturated rings. The normalized spacial score (nSPS) is 27.1. The molecule has 13 heavy (non-hydrogen) atoms. The van der Waals surface area contributed by atoms with Gasteiger partial charge in [0.15, 0.2) is 5.92 Å². The third kappa shape index (κ3) is 2.20. The van der Waals surface area contributed by atoms with Crippen molar-refractivity contribution in [2.45, 2.75) is 32.3 Å². The molecule has 0 aliphatic carbocycles. The van der Waals surface area contributed by atoms with E-state index in [1.165, 1.54) is 7.11 Å². The molecule has 1 aliphatic rings. The van der Waals surface area contributed by atoms with E-state index in [0.29, 0.717) is 6.42 Å². The van der Waals surface area contributed by atoms with Crippen LogP contribution in [0.2, 0.25) is 0 Å². The molecule has 74 valence electrons. The fourth-order valence-electron chi connectivity index (χ4n) is 1.49. The van der Waals surface area contributed by atoms with Gasteiger partial charge in [-0.25, -0.2) is 0 Å². The summed E-state index contributed by atoms with van der Waals surface area (Å²) >= 11 is 0. The molecular weight excluding hydrogens is 172 g/mol. The molecule has 0 amide bonds. The molecule has 0 spiro atoms. The summed E-state index contributed by atoms with van der Waals surface area (Å²) in [6, 6.07) is 0. The van der Waals surface area contributed by atoms with E-state index in [0.717, 1.165) is 12.8 Å². The van der Waals surface area contributed by atoms with Gasteiger partial charge in [-0.05, 0) is 6.42 Å². The van der Waals surface area contributed by atoms with Crippen LogP contribution in [0, 0.1) is 5.92 Å². The highest BCUT2D eigenvalue weighted by Gasteiger charge is 2.39. The van der Waals surface area contributed by atoms with Crippen LogP contribution in [0.5, 0.6) is 0 Å². The minimum atomic E-state index is -0.693. The van der Waals surface area contributed by atoms with Gasteiger partial charge < -0.3 is 9.47 Å². The standard InChI is InChI=1S/C9H14O4/c1-3-4-6-5-7(8(10)12-2)9(11)13-6/h6-7H,3-5H2,1-2H3. The molecular formula is C9H14O4. The van der Waals surface area contributed by atoms with Gasteiger partial charge in [0.2, 0.25) is 0 Å². The molecule has 0 N–H and O–H groups in total. The van der Waals surface area contributed by atoms with E-state index in [2.05, 4.69) is 4.74 Å². The van der Waals surface area contributed by atoms with Crippen molar-refractivity contribution in [3.63, 3.8) is 0 Å². The van der Waals surface area contributed by atoms with Crippen LogP contribution in [0.15, 0.2) is 0 Å². The van der Waals surface area contributed by atoms with Crippen LogP contribution in [0.3, 0.4) is 0 Å². The van der Waals surface area contributed by atoms with Crippen molar-refractivity contribution in [1.29, 1.82) is 0 Å². The average Bonchev–Trinajstić information content (AvgIpc) is 2.46. The van der Waals surface area contributed by atoms with Crippen LogP contribution >= 0.6 is 0 Å². The number of carbonyl (C=O) groups excluding carboxylic acids is 2. The highest BCUT2D eigenvalue weighted by molar-refractivity contribution is 5.96. The molecule has 0 saturated carbocycles. The van der Waals surface area contributed by atoms with Crippen molar-refractivity contribution in [1.82, 2.24) is 0 Å². The minimum Gasteiger partial charge on any atom is -0.468 e. The Hall–Kier alpha value is -1.06. The van der Waals surface area contributed by atoms with Crippen LogP contribution in [0.4, 0.5) is 0 Å². The van der Waals surface area contributed by atoms with Crippen molar-refractivity contribution in [2.24, 2.45) is 5.92 Å². The summed E-state index contributed by atoms with van der Waals surface area (Å²) in [5, 5.41) is 0. The van der Waals surface area contributed by atoms with E-state index >= 15 is 0 Å². The van der Waals surface area contributed by atoms with Gasteiger partial charge in [0.1, 0.15) is 6.10 Å². The van der Waals surface area contributed by atoms with E-state index in [4.69, 9.17) is 4.74 Å². The minimum absolute atomic E-state index is 0.0957. The fourth-order valence-corrected chi connectivity index (χ4v) is 1.49. The second-order valence-corrected chi connectivity index (χ2v) is 3.16. The lowest BCUT2D eigenvalue weighted by Gasteiger charge is -2.04. The highest BCUT2D eigenvalue weighted by Crippen LogP contribution is 2.24. The zero-order valence-corrected chi connectivity index (χ0v) is 7.91. The molecule has 0 radical (unpaired) electrons. The van der Waals surface area contributed by atoms with Crippen molar-refractivity contribution in [2.75, 3.05) is 7.11 Å². The number of ether oxygens (including phenoxy) is 2. The van der Waals surface area contributed by atoms with Gasteiger partial charge >= 0.3 is 11.9 Å². The molecule has 1 aliphatic heterocycles. The molecule has 4 nitrogen and oxygen atoms in total. The summed E-state index contributed by atoms with van der Waals surface area (Å²) in [7, 11) is 1.28. The lowest BCUT2D eigenvalue weighted by molar-refractivity contribution is -0.154. The molecule has 1 saturated heterocycles. The van der Waals surface area contributed by atoms with Gasteiger partial charge in [0.25, 0.3) is 0 Å². The Kier molecular flexibility index (Phi) is 3.28. The Bertz CT molecular complexity index is 212. The van der Waals surface area contributed by atoms with Gasteiger partial charge in [0.05, 0.1) is 7.11 Å². The smallest absolute Gasteiger partial charge is 0.320 e. The van der Waals surface area contributed by atoms with E-state index in [1.807, 2.05) is 6.92 Å². The lowest BCUT2D eigenvalue weighted by atomic mass is 10.0. The first-order valence-corrected chi connectivity index (χ1v) is 4.47. The second kappa shape index (κ2) is 4.25. The quantitative estimate of drug-likeness (QED) is 0.485. The summed E-state index contributed by atoms with van der Waals surface area (Å²) in [6.07, 6.45) is 2.14. The number of methoxy groups -OCH3 is 1. The third-order valence-electron chi connectivity index (χ3n) is 2.16. The molecule has 0 aromatic rings. The molecule has 1 rings (SSSR count). The Morgan fingerprint density at radius 2 is 2.38 bits per heavy atom. The Labute approximate surface area is 77.2 Å². The van der Waals surface area contributed by atoms with Gasteiger partial charge in [-0.2, -0.15) is 0 Å². The topological polar surface area (TPSA) is 52.6 Å². The molecule has 0 bridgehead atoms. The predicted octanol–water partition coefficient (Wildman–Crippen LogP) is 0.891. The molecule has 1 heterocycles. The highest BCUT2D eigenvalue weighted by atomic mass is 16.6. The van der Waals surface area contributed by atoms with E-state index in [1.54, 1.807) is 0 Å². The van der Waals surface area contributed by atoms with Crippen molar-refractivity contribution < 1.29 is 19.1 Å². The number of hydrogen-bond acceptors (Lipinski definition) is 4. The number of hydrogen-bond donors (Lipinski definition) is 0. The summed E-state index contributed by atoms with van der Waals surface area (Å²) in [4.78, 5) is 22.2. The third-order valence-corrected chi connectivity index (χ3v) is 2.16. The fraction of sp³-hybridized carbons (Fsp3) is 0.778. The number of esters is 2. The molecule has 2 unspecified atom stereocenters. The largest absolute Gasteiger partial charge is 0.468 e. The van der Waals surface area contributed by atoms with Crippen LogP contribution in [0.25, 0.3) is 0 Å². The van der Waals surface area contributed by atoms with Crippen molar-refractivity contribution in [3.05, 3.63) is 0 Å². The summed E-state index contributed by atoms with van der Waals surface area (Å²) in [6.45, 7) is 2.01. The first kappa shape index (κ1) is 10.0.